The van der Waals surface area contributed by atoms with Gasteiger partial charge in [-0.2, -0.15) is 4.98 Å². The van der Waals surface area contributed by atoms with Gasteiger partial charge >= 0.3 is 0 Å². The number of anilines is 1. The molecule has 0 amide bonds. The molecule has 1 aliphatic heterocycles. The van der Waals surface area contributed by atoms with Crippen LogP contribution in [0, 0.1) is 0 Å². The number of benzene rings is 1. The summed E-state index contributed by atoms with van der Waals surface area (Å²) in [6.45, 7) is 1.15. The smallest absolute Gasteiger partial charge is 0.240 e. The van der Waals surface area contributed by atoms with Crippen molar-refractivity contribution in [3.63, 3.8) is 0 Å². The summed E-state index contributed by atoms with van der Waals surface area (Å²) in [4.78, 5) is 4.16. The second-order valence-corrected chi connectivity index (χ2v) is 4.51. The van der Waals surface area contributed by atoms with Gasteiger partial charge in [-0.3, -0.25) is 0 Å². The molecule has 3 heterocycles. The van der Waals surface area contributed by atoms with E-state index in [4.69, 9.17) is 15.2 Å². The molecule has 0 spiro atoms. The standard InChI is InChI=1S/C14H12N4O2/c15-14-16-13-3-1-2-10(18(13)17-14)9-4-5-11-12(8-9)20-7-6-19-11/h1-5,8H,6-7H2,(H2,15,17). The van der Waals surface area contributed by atoms with Crippen molar-refractivity contribution in [2.75, 3.05) is 18.9 Å². The molecule has 0 atom stereocenters. The summed E-state index contributed by atoms with van der Waals surface area (Å²) in [6, 6.07) is 11.6. The van der Waals surface area contributed by atoms with Crippen LogP contribution < -0.4 is 15.2 Å². The van der Waals surface area contributed by atoms with E-state index in [1.165, 1.54) is 0 Å². The van der Waals surface area contributed by atoms with Crippen molar-refractivity contribution in [2.45, 2.75) is 0 Å². The highest BCUT2D eigenvalue weighted by Gasteiger charge is 2.14. The molecule has 0 unspecified atom stereocenters. The maximum Gasteiger partial charge on any atom is 0.240 e. The summed E-state index contributed by atoms with van der Waals surface area (Å²) in [5.41, 5.74) is 8.26. The Kier molecular flexibility index (Phi) is 2.29. The number of pyridine rings is 1. The Morgan fingerprint density at radius 3 is 2.80 bits per heavy atom. The van der Waals surface area contributed by atoms with Crippen molar-refractivity contribution in [2.24, 2.45) is 0 Å². The van der Waals surface area contributed by atoms with Crippen LogP contribution in [0.5, 0.6) is 11.5 Å². The summed E-state index contributed by atoms with van der Waals surface area (Å²) >= 11 is 0. The SMILES string of the molecule is Nc1nc2cccc(-c3ccc4c(c3)OCCO4)n2n1. The van der Waals surface area contributed by atoms with E-state index >= 15 is 0 Å². The fraction of sp³-hybridized carbons (Fsp3) is 0.143. The van der Waals surface area contributed by atoms with Gasteiger partial charge in [-0.1, -0.05) is 6.07 Å². The average molecular weight is 268 g/mol. The van der Waals surface area contributed by atoms with Crippen LogP contribution in [-0.4, -0.2) is 27.8 Å². The number of fused-ring (bicyclic) bond motifs is 2. The van der Waals surface area contributed by atoms with Crippen molar-refractivity contribution in [3.05, 3.63) is 36.4 Å². The van der Waals surface area contributed by atoms with Crippen LogP contribution in [0.3, 0.4) is 0 Å². The number of hydrogen-bond donors (Lipinski definition) is 1. The van der Waals surface area contributed by atoms with Crippen molar-refractivity contribution in [1.29, 1.82) is 0 Å². The molecule has 1 aliphatic rings. The zero-order chi connectivity index (χ0) is 13.5. The van der Waals surface area contributed by atoms with Crippen molar-refractivity contribution in [1.82, 2.24) is 14.6 Å². The number of aromatic nitrogens is 3. The molecule has 2 aromatic heterocycles. The topological polar surface area (TPSA) is 74.7 Å². The van der Waals surface area contributed by atoms with Gasteiger partial charge in [0.1, 0.15) is 13.2 Å². The Morgan fingerprint density at radius 2 is 1.90 bits per heavy atom. The first-order chi connectivity index (χ1) is 9.81. The molecule has 6 heteroatoms. The molecule has 0 fully saturated rings. The van der Waals surface area contributed by atoms with Crippen LogP contribution in [0.2, 0.25) is 0 Å². The molecule has 0 bridgehead atoms. The third kappa shape index (κ3) is 1.65. The minimum atomic E-state index is 0.259. The molecule has 0 radical (unpaired) electrons. The van der Waals surface area contributed by atoms with Gasteiger partial charge in [-0.05, 0) is 30.3 Å². The third-order valence-electron chi connectivity index (χ3n) is 3.21. The lowest BCUT2D eigenvalue weighted by atomic mass is 10.1. The predicted molar refractivity (Wildman–Crippen MR) is 73.8 cm³/mol. The van der Waals surface area contributed by atoms with Crippen LogP contribution in [0.1, 0.15) is 0 Å². The van der Waals surface area contributed by atoms with Crippen LogP contribution in [0.15, 0.2) is 36.4 Å². The fourth-order valence-electron chi connectivity index (χ4n) is 2.34. The molecule has 2 N–H and O–H groups in total. The average Bonchev–Trinajstić information content (AvgIpc) is 2.86. The lowest BCUT2D eigenvalue weighted by Crippen LogP contribution is -2.15. The van der Waals surface area contributed by atoms with E-state index in [0.29, 0.717) is 13.2 Å². The normalized spacial score (nSPS) is 13.6. The molecule has 0 aliphatic carbocycles. The van der Waals surface area contributed by atoms with Gasteiger partial charge in [0.25, 0.3) is 0 Å². The Labute approximate surface area is 114 Å². The first-order valence-electron chi connectivity index (χ1n) is 6.32. The van der Waals surface area contributed by atoms with E-state index in [2.05, 4.69) is 10.1 Å². The molecule has 100 valence electrons. The molecular weight excluding hydrogens is 256 g/mol. The quantitative estimate of drug-likeness (QED) is 0.727. The van der Waals surface area contributed by atoms with E-state index < -0.39 is 0 Å². The number of nitrogens with zero attached hydrogens (tertiary/aromatic N) is 3. The minimum absolute atomic E-state index is 0.259. The first kappa shape index (κ1) is 11.1. The summed E-state index contributed by atoms with van der Waals surface area (Å²) < 4.78 is 12.9. The lowest BCUT2D eigenvalue weighted by molar-refractivity contribution is 0.171. The lowest BCUT2D eigenvalue weighted by Gasteiger charge is -2.19. The molecule has 3 aromatic rings. The Bertz CT molecular complexity index is 797. The first-order valence-corrected chi connectivity index (χ1v) is 6.32. The summed E-state index contributed by atoms with van der Waals surface area (Å²) in [7, 11) is 0. The van der Waals surface area contributed by atoms with Gasteiger partial charge < -0.3 is 15.2 Å². The van der Waals surface area contributed by atoms with Crippen molar-refractivity contribution in [3.8, 4) is 22.8 Å². The number of hydrogen-bond acceptors (Lipinski definition) is 5. The zero-order valence-corrected chi connectivity index (χ0v) is 10.6. The summed E-state index contributed by atoms with van der Waals surface area (Å²) in [6.07, 6.45) is 0. The maximum absolute atomic E-state index is 5.66. The van der Waals surface area contributed by atoms with Crippen molar-refractivity contribution >= 4 is 11.6 Å². The highest BCUT2D eigenvalue weighted by molar-refractivity contribution is 5.67. The second kappa shape index (κ2) is 4.12. The Morgan fingerprint density at radius 1 is 1.05 bits per heavy atom. The number of nitrogen functional groups attached to an aromatic ring is 1. The highest BCUT2D eigenvalue weighted by atomic mass is 16.6. The summed E-state index contributed by atoms with van der Waals surface area (Å²) in [5.74, 6) is 1.78. The molecule has 6 nitrogen and oxygen atoms in total. The maximum atomic E-state index is 5.66. The molecule has 1 aromatic carbocycles. The highest BCUT2D eigenvalue weighted by Crippen LogP contribution is 2.34. The van der Waals surface area contributed by atoms with Gasteiger partial charge in [0.2, 0.25) is 5.95 Å². The van der Waals surface area contributed by atoms with Gasteiger partial charge in [0.05, 0.1) is 5.69 Å². The van der Waals surface area contributed by atoms with E-state index in [9.17, 15) is 0 Å². The van der Waals surface area contributed by atoms with Gasteiger partial charge in [-0.15, -0.1) is 5.10 Å². The van der Waals surface area contributed by atoms with Crippen LogP contribution in [0.4, 0.5) is 5.95 Å². The van der Waals surface area contributed by atoms with Gasteiger partial charge in [-0.25, -0.2) is 4.52 Å². The van der Waals surface area contributed by atoms with Crippen LogP contribution in [0.25, 0.3) is 16.9 Å². The van der Waals surface area contributed by atoms with E-state index in [-0.39, 0.29) is 5.95 Å². The van der Waals surface area contributed by atoms with E-state index in [0.717, 1.165) is 28.4 Å². The van der Waals surface area contributed by atoms with E-state index in [1.54, 1.807) is 4.52 Å². The van der Waals surface area contributed by atoms with Crippen molar-refractivity contribution < 1.29 is 9.47 Å². The molecule has 20 heavy (non-hydrogen) atoms. The predicted octanol–water partition coefficient (Wildman–Crippen LogP) is 1.75. The number of nitrogens with two attached hydrogens (primary N) is 1. The van der Waals surface area contributed by atoms with Gasteiger partial charge in [0.15, 0.2) is 17.1 Å². The number of ether oxygens (including phenoxy) is 2. The molecule has 0 saturated heterocycles. The largest absolute Gasteiger partial charge is 0.486 e. The number of rotatable bonds is 1. The van der Waals surface area contributed by atoms with E-state index in [1.807, 2.05) is 36.4 Å². The third-order valence-corrected chi connectivity index (χ3v) is 3.21. The fourth-order valence-corrected chi connectivity index (χ4v) is 2.34. The monoisotopic (exact) mass is 268 g/mol. The minimum Gasteiger partial charge on any atom is -0.486 e. The van der Waals surface area contributed by atoms with Crippen LogP contribution >= 0.6 is 0 Å². The second-order valence-electron chi connectivity index (χ2n) is 4.51. The van der Waals surface area contributed by atoms with Gasteiger partial charge in [0, 0.05) is 5.56 Å². The molecule has 0 saturated carbocycles. The molecular formula is C14H12N4O2. The summed E-state index contributed by atoms with van der Waals surface area (Å²) in [5, 5.41) is 4.21. The molecule has 4 rings (SSSR count). The van der Waals surface area contributed by atoms with Crippen LogP contribution in [-0.2, 0) is 0 Å². The zero-order valence-electron chi connectivity index (χ0n) is 10.6. The Hall–Kier alpha value is -2.76. The Balaban J connectivity index is 1.90.